The van der Waals surface area contributed by atoms with Gasteiger partial charge in [0.25, 0.3) is 11.5 Å². The number of aliphatic hydroxyl groups excluding tert-OH is 1. The molecule has 6 heteroatoms. The third-order valence-electron chi connectivity index (χ3n) is 7.70. The highest BCUT2D eigenvalue weighted by atomic mass is 16.3. The molecule has 3 aromatic carbocycles. The Morgan fingerprint density at radius 1 is 1.03 bits per heavy atom. The molecule has 0 unspecified atom stereocenters. The summed E-state index contributed by atoms with van der Waals surface area (Å²) >= 11 is 0. The minimum Gasteiger partial charge on any atom is -0.388 e. The number of hydrogen-bond donors (Lipinski definition) is 1. The minimum absolute atomic E-state index is 0.110. The molecule has 5 rings (SSSR count). The molecule has 0 spiro atoms. The maximum absolute atomic E-state index is 13.1. The van der Waals surface area contributed by atoms with E-state index in [9.17, 15) is 14.7 Å². The SMILES string of the molecule is CN(Cc1nc2ccccc2c(=O)n1C)C(=O)c1ccc(C[C@@H]2CC[C@H]([C@H](O)c3ccccc3)C2)cc1. The van der Waals surface area contributed by atoms with Gasteiger partial charge in [0.2, 0.25) is 0 Å². The van der Waals surface area contributed by atoms with Crippen LogP contribution in [0.1, 0.15) is 52.7 Å². The molecule has 37 heavy (non-hydrogen) atoms. The molecule has 1 N–H and O–H groups in total. The van der Waals surface area contributed by atoms with Gasteiger partial charge >= 0.3 is 0 Å². The third kappa shape index (κ3) is 5.35. The standard InChI is InChI=1S/C31H33N3O3/c1-33(20-28-32-27-11-7-6-10-26(27)31(37)34(28)2)30(36)24-15-12-21(13-16-24)18-22-14-17-25(19-22)29(35)23-8-4-3-5-9-23/h3-13,15-16,22,25,29,35H,14,17-20H2,1-2H3/t22-,25-,29+/m0/s1. The molecule has 1 aromatic heterocycles. The molecule has 1 aliphatic carbocycles. The summed E-state index contributed by atoms with van der Waals surface area (Å²) in [6, 6.07) is 25.0. The van der Waals surface area contributed by atoms with E-state index in [2.05, 4.69) is 4.98 Å². The number of nitrogens with zero attached hydrogens (tertiary/aromatic N) is 3. The lowest BCUT2D eigenvalue weighted by Crippen LogP contribution is -2.31. The molecule has 1 saturated carbocycles. The number of aliphatic hydroxyl groups is 1. The number of carbonyl (C=O) groups is 1. The Morgan fingerprint density at radius 3 is 2.49 bits per heavy atom. The van der Waals surface area contributed by atoms with Crippen molar-refractivity contribution in [2.24, 2.45) is 18.9 Å². The van der Waals surface area contributed by atoms with Crippen LogP contribution < -0.4 is 5.56 Å². The number of aromatic nitrogens is 2. The number of hydrogen-bond acceptors (Lipinski definition) is 4. The van der Waals surface area contributed by atoms with Crippen molar-refractivity contribution in [3.05, 3.63) is 112 Å². The summed E-state index contributed by atoms with van der Waals surface area (Å²) in [6.45, 7) is 0.240. The zero-order valence-corrected chi connectivity index (χ0v) is 21.4. The van der Waals surface area contributed by atoms with Crippen molar-refractivity contribution < 1.29 is 9.90 Å². The summed E-state index contributed by atoms with van der Waals surface area (Å²) in [5.41, 5.74) is 3.34. The zero-order valence-electron chi connectivity index (χ0n) is 21.4. The number of para-hydroxylation sites is 1. The monoisotopic (exact) mass is 495 g/mol. The normalized spacial score (nSPS) is 18.1. The lowest BCUT2D eigenvalue weighted by atomic mass is 9.91. The van der Waals surface area contributed by atoms with Crippen molar-refractivity contribution in [1.82, 2.24) is 14.5 Å². The maximum atomic E-state index is 13.1. The molecule has 6 nitrogen and oxygen atoms in total. The molecular weight excluding hydrogens is 462 g/mol. The minimum atomic E-state index is -0.404. The van der Waals surface area contributed by atoms with Crippen molar-refractivity contribution in [2.45, 2.75) is 38.3 Å². The summed E-state index contributed by atoms with van der Waals surface area (Å²) in [5, 5.41) is 11.3. The fraction of sp³-hybridized carbons (Fsp3) is 0.323. The Morgan fingerprint density at radius 2 is 1.73 bits per heavy atom. The molecule has 0 radical (unpaired) electrons. The smallest absolute Gasteiger partial charge is 0.261 e. The second-order valence-electron chi connectivity index (χ2n) is 10.3. The number of benzene rings is 3. The summed E-state index contributed by atoms with van der Waals surface area (Å²) < 4.78 is 1.51. The number of carbonyl (C=O) groups excluding carboxylic acids is 1. The molecule has 0 aliphatic heterocycles. The van der Waals surface area contributed by atoms with Gasteiger partial charge in [-0.3, -0.25) is 14.2 Å². The molecule has 1 aliphatic rings. The highest BCUT2D eigenvalue weighted by Crippen LogP contribution is 2.40. The quantitative estimate of drug-likeness (QED) is 0.396. The summed E-state index contributed by atoms with van der Waals surface area (Å²) in [5.74, 6) is 1.26. The van der Waals surface area contributed by atoms with E-state index in [1.165, 1.54) is 10.1 Å². The van der Waals surface area contributed by atoms with E-state index < -0.39 is 6.10 Å². The zero-order chi connectivity index (χ0) is 25.9. The Hall–Kier alpha value is -3.77. The van der Waals surface area contributed by atoms with Crippen molar-refractivity contribution in [3.63, 3.8) is 0 Å². The first-order chi connectivity index (χ1) is 17.9. The highest BCUT2D eigenvalue weighted by molar-refractivity contribution is 5.94. The fourth-order valence-electron chi connectivity index (χ4n) is 5.53. The number of amides is 1. The summed E-state index contributed by atoms with van der Waals surface area (Å²) in [4.78, 5) is 32.0. The third-order valence-corrected chi connectivity index (χ3v) is 7.70. The van der Waals surface area contributed by atoms with Gasteiger partial charge in [-0.05, 0) is 72.9 Å². The van der Waals surface area contributed by atoms with E-state index >= 15 is 0 Å². The van der Waals surface area contributed by atoms with E-state index in [1.54, 1.807) is 25.1 Å². The predicted octanol–water partition coefficient (Wildman–Crippen LogP) is 4.90. The Kier molecular flexibility index (Phi) is 7.19. The fourth-order valence-corrected chi connectivity index (χ4v) is 5.53. The molecular formula is C31H33N3O3. The van der Waals surface area contributed by atoms with Crippen LogP contribution in [0.15, 0.2) is 83.7 Å². The van der Waals surface area contributed by atoms with Crippen LogP contribution in [0.4, 0.5) is 0 Å². The first-order valence-corrected chi connectivity index (χ1v) is 12.9. The van der Waals surface area contributed by atoms with Crippen LogP contribution in [0.25, 0.3) is 10.9 Å². The molecule has 1 heterocycles. The lowest BCUT2D eigenvalue weighted by Gasteiger charge is -2.19. The van der Waals surface area contributed by atoms with Gasteiger partial charge in [0, 0.05) is 19.7 Å². The van der Waals surface area contributed by atoms with Crippen LogP contribution in [-0.4, -0.2) is 32.5 Å². The average molecular weight is 496 g/mol. The summed E-state index contributed by atoms with van der Waals surface area (Å²) in [7, 11) is 3.42. The van der Waals surface area contributed by atoms with E-state index in [-0.39, 0.29) is 18.0 Å². The van der Waals surface area contributed by atoms with Gasteiger partial charge < -0.3 is 10.0 Å². The maximum Gasteiger partial charge on any atom is 0.261 e. The first kappa shape index (κ1) is 24.9. The van der Waals surface area contributed by atoms with Gasteiger partial charge in [-0.25, -0.2) is 4.98 Å². The molecule has 190 valence electrons. The van der Waals surface area contributed by atoms with Crippen LogP contribution in [0.5, 0.6) is 0 Å². The first-order valence-electron chi connectivity index (χ1n) is 12.9. The van der Waals surface area contributed by atoms with Crippen molar-refractivity contribution in [1.29, 1.82) is 0 Å². The van der Waals surface area contributed by atoms with Crippen LogP contribution >= 0.6 is 0 Å². The average Bonchev–Trinajstić information content (AvgIpc) is 3.40. The van der Waals surface area contributed by atoms with Crippen molar-refractivity contribution in [2.75, 3.05) is 7.05 Å². The van der Waals surface area contributed by atoms with Gasteiger partial charge in [-0.1, -0.05) is 54.6 Å². The van der Waals surface area contributed by atoms with Crippen molar-refractivity contribution >= 4 is 16.8 Å². The largest absolute Gasteiger partial charge is 0.388 e. The van der Waals surface area contributed by atoms with E-state index in [1.807, 2.05) is 72.8 Å². The topological polar surface area (TPSA) is 75.4 Å². The predicted molar refractivity (Wildman–Crippen MR) is 145 cm³/mol. The second kappa shape index (κ2) is 10.7. The molecule has 1 amide bonds. The summed E-state index contributed by atoms with van der Waals surface area (Å²) in [6.07, 6.45) is 3.70. The second-order valence-corrected chi connectivity index (χ2v) is 10.3. The lowest BCUT2D eigenvalue weighted by molar-refractivity contribution is 0.0780. The van der Waals surface area contributed by atoms with Crippen LogP contribution in [-0.2, 0) is 20.0 Å². The van der Waals surface area contributed by atoms with Crippen LogP contribution in [0.3, 0.4) is 0 Å². The van der Waals surface area contributed by atoms with E-state index in [0.717, 1.165) is 31.2 Å². The van der Waals surface area contributed by atoms with Gasteiger partial charge in [0.15, 0.2) is 0 Å². The molecule has 1 fully saturated rings. The van der Waals surface area contributed by atoms with Gasteiger partial charge in [-0.2, -0.15) is 0 Å². The van der Waals surface area contributed by atoms with Crippen LogP contribution in [0, 0.1) is 11.8 Å². The number of rotatable bonds is 7. The van der Waals surface area contributed by atoms with Gasteiger partial charge in [0.1, 0.15) is 5.82 Å². The molecule has 0 bridgehead atoms. The molecule has 0 saturated heterocycles. The molecule has 3 atom stereocenters. The van der Waals surface area contributed by atoms with E-state index in [4.69, 9.17) is 0 Å². The van der Waals surface area contributed by atoms with Crippen LogP contribution in [0.2, 0.25) is 0 Å². The number of fused-ring (bicyclic) bond motifs is 1. The van der Waals surface area contributed by atoms with Gasteiger partial charge in [-0.15, -0.1) is 0 Å². The Bertz CT molecular complexity index is 1450. The Balaban J connectivity index is 1.20. The molecule has 4 aromatic rings. The van der Waals surface area contributed by atoms with E-state index in [0.29, 0.717) is 34.1 Å². The van der Waals surface area contributed by atoms with Gasteiger partial charge in [0.05, 0.1) is 23.6 Å². The Labute approximate surface area is 217 Å². The highest BCUT2D eigenvalue weighted by Gasteiger charge is 2.30. The van der Waals surface area contributed by atoms with Crippen molar-refractivity contribution in [3.8, 4) is 0 Å².